The van der Waals surface area contributed by atoms with E-state index in [1.807, 2.05) is 18.2 Å². The molecule has 0 unspecified atom stereocenters. The van der Waals surface area contributed by atoms with Crippen LogP contribution in [0.25, 0.3) is 0 Å². The molecule has 2 rings (SSSR count). The molecule has 0 fully saturated rings. The van der Waals surface area contributed by atoms with Crippen molar-refractivity contribution in [1.82, 2.24) is 5.32 Å². The average Bonchev–Trinajstić information content (AvgIpc) is 2.50. The number of rotatable bonds is 5. The molecule has 108 valence electrons. The predicted octanol–water partition coefficient (Wildman–Crippen LogP) is 3.65. The molecule has 0 aromatic heterocycles. The lowest BCUT2D eigenvalue weighted by molar-refractivity contribution is 0.407. The lowest BCUT2D eigenvalue weighted by Crippen LogP contribution is -2.14. The molecule has 0 aliphatic carbocycles. The van der Waals surface area contributed by atoms with Gasteiger partial charge in [0.05, 0.1) is 12.7 Å². The fraction of sp³-hybridized carbons (Fsp3) is 0.188. The Morgan fingerprint density at radius 2 is 2.10 bits per heavy atom. The van der Waals surface area contributed by atoms with Gasteiger partial charge >= 0.3 is 0 Å². The van der Waals surface area contributed by atoms with E-state index >= 15 is 0 Å². The highest BCUT2D eigenvalue weighted by Crippen LogP contribution is 2.26. The predicted molar refractivity (Wildman–Crippen MR) is 79.7 cm³/mol. The Balaban J connectivity index is 2.04. The minimum absolute atomic E-state index is 0.0459. The molecule has 0 spiro atoms. The van der Waals surface area contributed by atoms with Gasteiger partial charge in [-0.3, -0.25) is 0 Å². The number of benzene rings is 2. The van der Waals surface area contributed by atoms with Gasteiger partial charge in [-0.2, -0.15) is 5.26 Å². The number of nitrogens with one attached hydrogen (secondary N) is 1. The van der Waals surface area contributed by atoms with Crippen LogP contribution in [0.1, 0.15) is 16.7 Å². The number of ether oxygens (including phenoxy) is 1. The van der Waals surface area contributed by atoms with Crippen molar-refractivity contribution in [3.63, 3.8) is 0 Å². The van der Waals surface area contributed by atoms with E-state index in [1.165, 1.54) is 12.1 Å². The maximum atomic E-state index is 13.2. The summed E-state index contributed by atoms with van der Waals surface area (Å²) in [4.78, 5) is 0. The van der Waals surface area contributed by atoms with Crippen molar-refractivity contribution in [2.75, 3.05) is 7.11 Å². The molecule has 0 aliphatic rings. The van der Waals surface area contributed by atoms with Gasteiger partial charge in [-0.25, -0.2) is 4.39 Å². The molecule has 2 aromatic carbocycles. The molecule has 0 heterocycles. The average molecular weight is 305 g/mol. The monoisotopic (exact) mass is 304 g/mol. The summed E-state index contributed by atoms with van der Waals surface area (Å²) in [6.45, 7) is 1.02. The molecule has 0 aliphatic heterocycles. The maximum absolute atomic E-state index is 13.2. The second-order valence-corrected chi connectivity index (χ2v) is 4.86. The van der Waals surface area contributed by atoms with E-state index in [0.717, 1.165) is 11.1 Å². The molecule has 0 bridgehead atoms. The zero-order valence-electron chi connectivity index (χ0n) is 11.5. The maximum Gasteiger partial charge on any atom is 0.140 e. The van der Waals surface area contributed by atoms with Crippen LogP contribution in [0.15, 0.2) is 36.4 Å². The molecule has 0 radical (unpaired) electrons. The third kappa shape index (κ3) is 3.72. The molecule has 0 saturated heterocycles. The molecule has 2 aromatic rings. The van der Waals surface area contributed by atoms with Crippen LogP contribution in [-0.2, 0) is 13.1 Å². The van der Waals surface area contributed by atoms with Crippen LogP contribution in [0.2, 0.25) is 5.02 Å². The standard InChI is InChI=1S/C16H14ClFN2O/c1-21-16-4-2-3-14(17)13(16)10-20-9-11-5-6-15(18)12(7-11)8-19/h2-7,20H,9-10H2,1H3. The van der Waals surface area contributed by atoms with E-state index in [-0.39, 0.29) is 5.56 Å². The first-order chi connectivity index (χ1) is 10.2. The Morgan fingerprint density at radius 1 is 1.29 bits per heavy atom. The van der Waals surface area contributed by atoms with Crippen LogP contribution in [0.5, 0.6) is 5.75 Å². The zero-order valence-corrected chi connectivity index (χ0v) is 12.2. The van der Waals surface area contributed by atoms with Crippen molar-refractivity contribution in [3.05, 3.63) is 63.9 Å². The number of halogens is 2. The Bertz CT molecular complexity index is 682. The highest BCUT2D eigenvalue weighted by molar-refractivity contribution is 6.31. The first-order valence-corrected chi connectivity index (χ1v) is 6.74. The van der Waals surface area contributed by atoms with Crippen LogP contribution in [0.4, 0.5) is 4.39 Å². The third-order valence-electron chi connectivity index (χ3n) is 3.08. The molecule has 0 saturated carbocycles. The molecule has 21 heavy (non-hydrogen) atoms. The van der Waals surface area contributed by atoms with Crippen molar-refractivity contribution < 1.29 is 9.13 Å². The summed E-state index contributed by atoms with van der Waals surface area (Å²) in [7, 11) is 1.59. The van der Waals surface area contributed by atoms with E-state index in [2.05, 4.69) is 5.32 Å². The summed E-state index contributed by atoms with van der Waals surface area (Å²) < 4.78 is 18.5. The number of nitrogens with zero attached hydrogens (tertiary/aromatic N) is 1. The summed E-state index contributed by atoms with van der Waals surface area (Å²) >= 11 is 6.15. The van der Waals surface area contributed by atoms with E-state index in [9.17, 15) is 4.39 Å². The largest absolute Gasteiger partial charge is 0.496 e. The number of hydrogen-bond acceptors (Lipinski definition) is 3. The summed E-state index contributed by atoms with van der Waals surface area (Å²) in [5.74, 6) is 0.209. The molecule has 0 amide bonds. The zero-order chi connectivity index (χ0) is 15.2. The lowest BCUT2D eigenvalue weighted by Gasteiger charge is -2.11. The lowest BCUT2D eigenvalue weighted by atomic mass is 10.1. The Labute approximate surface area is 127 Å². The van der Waals surface area contributed by atoms with Crippen molar-refractivity contribution in [1.29, 1.82) is 5.26 Å². The minimum atomic E-state index is -0.506. The molecule has 1 N–H and O–H groups in total. The van der Waals surface area contributed by atoms with Gasteiger partial charge in [0, 0.05) is 23.7 Å². The molecule has 0 atom stereocenters. The summed E-state index contributed by atoms with van der Waals surface area (Å²) in [6, 6.07) is 11.8. The topological polar surface area (TPSA) is 45.0 Å². The van der Waals surface area contributed by atoms with Crippen molar-refractivity contribution in [2.45, 2.75) is 13.1 Å². The Kier molecular flexibility index (Phi) is 5.15. The van der Waals surface area contributed by atoms with E-state index in [1.54, 1.807) is 19.2 Å². The first-order valence-electron chi connectivity index (χ1n) is 6.36. The van der Waals surface area contributed by atoms with E-state index in [4.69, 9.17) is 21.6 Å². The van der Waals surface area contributed by atoms with Gasteiger partial charge < -0.3 is 10.1 Å². The summed E-state index contributed by atoms with van der Waals surface area (Å²) in [5.41, 5.74) is 1.74. The van der Waals surface area contributed by atoms with Crippen LogP contribution in [0, 0.1) is 17.1 Å². The second kappa shape index (κ2) is 7.07. The summed E-state index contributed by atoms with van der Waals surface area (Å²) in [5, 5.41) is 12.6. The van der Waals surface area contributed by atoms with Gasteiger partial charge in [-0.1, -0.05) is 23.7 Å². The van der Waals surface area contributed by atoms with Crippen LogP contribution in [-0.4, -0.2) is 7.11 Å². The minimum Gasteiger partial charge on any atom is -0.496 e. The van der Waals surface area contributed by atoms with Gasteiger partial charge in [-0.05, 0) is 29.8 Å². The van der Waals surface area contributed by atoms with Crippen molar-refractivity contribution in [3.8, 4) is 11.8 Å². The van der Waals surface area contributed by atoms with Gasteiger partial charge in [0.2, 0.25) is 0 Å². The fourth-order valence-electron chi connectivity index (χ4n) is 2.00. The number of nitriles is 1. The fourth-order valence-corrected chi connectivity index (χ4v) is 2.23. The third-order valence-corrected chi connectivity index (χ3v) is 3.43. The van der Waals surface area contributed by atoms with E-state index < -0.39 is 5.82 Å². The Morgan fingerprint density at radius 3 is 2.81 bits per heavy atom. The van der Waals surface area contributed by atoms with Crippen molar-refractivity contribution >= 4 is 11.6 Å². The second-order valence-electron chi connectivity index (χ2n) is 4.45. The highest BCUT2D eigenvalue weighted by atomic mass is 35.5. The SMILES string of the molecule is COc1cccc(Cl)c1CNCc1ccc(F)c(C#N)c1. The van der Waals surface area contributed by atoms with Crippen LogP contribution >= 0.6 is 11.6 Å². The van der Waals surface area contributed by atoms with Gasteiger partial charge in [0.25, 0.3) is 0 Å². The number of hydrogen-bond donors (Lipinski definition) is 1. The molecule has 5 heteroatoms. The van der Waals surface area contributed by atoms with Gasteiger partial charge in [-0.15, -0.1) is 0 Å². The Hall–Kier alpha value is -2.09. The van der Waals surface area contributed by atoms with Gasteiger partial charge in [0.1, 0.15) is 17.6 Å². The molecular weight excluding hydrogens is 291 g/mol. The van der Waals surface area contributed by atoms with Crippen LogP contribution < -0.4 is 10.1 Å². The van der Waals surface area contributed by atoms with Crippen LogP contribution in [0.3, 0.4) is 0 Å². The normalized spacial score (nSPS) is 10.2. The first kappa shape index (κ1) is 15.3. The molecule has 3 nitrogen and oxygen atoms in total. The van der Waals surface area contributed by atoms with Gasteiger partial charge in [0.15, 0.2) is 0 Å². The highest BCUT2D eigenvalue weighted by Gasteiger charge is 2.07. The van der Waals surface area contributed by atoms with Crippen molar-refractivity contribution in [2.24, 2.45) is 0 Å². The van der Waals surface area contributed by atoms with E-state index in [0.29, 0.717) is 23.9 Å². The smallest absolute Gasteiger partial charge is 0.140 e. The molecular formula is C16H14ClFN2O. The summed E-state index contributed by atoms with van der Waals surface area (Å²) in [6.07, 6.45) is 0. The number of methoxy groups -OCH3 is 1. The quantitative estimate of drug-likeness (QED) is 0.917.